The SMILES string of the molecule is CC/C=C\C/C=C\C/C=C\C/C=C\C/C=C\C/C=C\C/C=C\CCCC(=O)OC(COC(=O)CCCCCCCCCC/C=C\C/C=C\C/C=C\C/C=C\CC)COC(OCC[N+](C)(C)C)C(=O)O. The third-order valence-electron chi connectivity index (χ3n) is 10.4. The summed E-state index contributed by atoms with van der Waals surface area (Å²) in [7, 11) is 5.93. The minimum absolute atomic E-state index is 0.167. The summed E-state index contributed by atoms with van der Waals surface area (Å²) in [6, 6.07) is 0. The van der Waals surface area contributed by atoms with E-state index in [0.717, 1.165) is 103 Å². The fourth-order valence-electron chi connectivity index (χ4n) is 6.40. The molecule has 2 atom stereocenters. The summed E-state index contributed by atoms with van der Waals surface area (Å²) in [6.45, 7) is 4.54. The first kappa shape index (κ1) is 64.4. The molecule has 0 saturated carbocycles. The van der Waals surface area contributed by atoms with E-state index >= 15 is 0 Å². The zero-order valence-electron chi connectivity index (χ0n) is 43.9. The number of hydrogen-bond acceptors (Lipinski definition) is 7. The Morgan fingerprint density at radius 3 is 1.20 bits per heavy atom. The number of ether oxygens (including phenoxy) is 4. The number of hydrogen-bond donors (Lipinski definition) is 1. The molecule has 9 nitrogen and oxygen atoms in total. The Morgan fingerprint density at radius 1 is 0.435 bits per heavy atom. The molecule has 388 valence electrons. The van der Waals surface area contributed by atoms with E-state index in [1.54, 1.807) is 0 Å². The quantitative estimate of drug-likeness (QED) is 0.0211. The van der Waals surface area contributed by atoms with Crippen molar-refractivity contribution in [2.24, 2.45) is 0 Å². The van der Waals surface area contributed by atoms with Crippen LogP contribution in [0.3, 0.4) is 0 Å². The van der Waals surface area contributed by atoms with E-state index in [9.17, 15) is 19.5 Å². The van der Waals surface area contributed by atoms with Gasteiger partial charge < -0.3 is 28.5 Å². The minimum Gasteiger partial charge on any atom is -0.477 e. The molecule has 69 heavy (non-hydrogen) atoms. The lowest BCUT2D eigenvalue weighted by Crippen LogP contribution is -2.40. The number of esters is 2. The summed E-state index contributed by atoms with van der Waals surface area (Å²) in [5.74, 6) is -2.12. The van der Waals surface area contributed by atoms with Gasteiger partial charge >= 0.3 is 17.9 Å². The van der Waals surface area contributed by atoms with Gasteiger partial charge in [0.05, 0.1) is 34.4 Å². The number of unbranched alkanes of at least 4 members (excludes halogenated alkanes) is 9. The molecule has 0 aliphatic rings. The number of carboxylic acids is 1. The van der Waals surface area contributed by atoms with Crippen molar-refractivity contribution in [3.05, 3.63) is 134 Å². The number of likely N-dealkylation sites (N-methyl/N-ethyl adjacent to an activating group) is 1. The predicted octanol–water partition coefficient (Wildman–Crippen LogP) is 15.1. The van der Waals surface area contributed by atoms with Gasteiger partial charge in [-0.25, -0.2) is 4.79 Å². The van der Waals surface area contributed by atoms with Gasteiger partial charge in [0.25, 0.3) is 6.29 Å². The Hall–Kier alpha value is -4.57. The molecule has 0 radical (unpaired) electrons. The van der Waals surface area contributed by atoms with Crippen molar-refractivity contribution in [2.45, 2.75) is 180 Å². The van der Waals surface area contributed by atoms with Crippen molar-refractivity contribution in [1.29, 1.82) is 0 Å². The molecule has 0 rings (SSSR count). The lowest BCUT2D eigenvalue weighted by Gasteiger charge is -2.25. The van der Waals surface area contributed by atoms with E-state index in [4.69, 9.17) is 18.9 Å². The fraction of sp³-hybridized carbons (Fsp3) is 0.583. The number of carbonyl (C=O) groups excluding carboxylic acids is 2. The lowest BCUT2D eigenvalue weighted by atomic mass is 10.1. The van der Waals surface area contributed by atoms with Gasteiger partial charge in [0.15, 0.2) is 6.10 Å². The van der Waals surface area contributed by atoms with Crippen molar-refractivity contribution in [3.63, 3.8) is 0 Å². The summed E-state index contributed by atoms with van der Waals surface area (Å²) in [5.41, 5.74) is 0. The number of aliphatic carboxylic acids is 1. The molecule has 2 unspecified atom stereocenters. The second kappa shape index (κ2) is 49.8. The topological polar surface area (TPSA) is 108 Å². The summed E-state index contributed by atoms with van der Waals surface area (Å²) < 4.78 is 22.7. The molecule has 9 heteroatoms. The maximum atomic E-state index is 12.8. The number of carboxylic acid groups (broad SMARTS) is 1. The van der Waals surface area contributed by atoms with Crippen molar-refractivity contribution in [2.75, 3.05) is 47.5 Å². The van der Waals surface area contributed by atoms with Gasteiger partial charge in [-0.2, -0.15) is 0 Å². The molecule has 0 aromatic carbocycles. The Balaban J connectivity index is 4.48. The van der Waals surface area contributed by atoms with Gasteiger partial charge in [0, 0.05) is 12.8 Å². The molecular formula is C60H96NO8+. The predicted molar refractivity (Wildman–Crippen MR) is 290 cm³/mol. The van der Waals surface area contributed by atoms with Gasteiger partial charge in [-0.3, -0.25) is 9.59 Å². The molecule has 0 bridgehead atoms. The Morgan fingerprint density at radius 2 is 0.797 bits per heavy atom. The molecule has 0 aromatic heterocycles. The van der Waals surface area contributed by atoms with Crippen LogP contribution in [0.5, 0.6) is 0 Å². The van der Waals surface area contributed by atoms with Crippen LogP contribution in [0.4, 0.5) is 0 Å². The van der Waals surface area contributed by atoms with E-state index in [1.165, 1.54) is 25.7 Å². The van der Waals surface area contributed by atoms with Crippen molar-refractivity contribution in [1.82, 2.24) is 0 Å². The number of allylic oxidation sites excluding steroid dienone is 22. The third-order valence-corrected chi connectivity index (χ3v) is 10.4. The number of rotatable bonds is 46. The highest BCUT2D eigenvalue weighted by Gasteiger charge is 2.25. The highest BCUT2D eigenvalue weighted by atomic mass is 16.7. The van der Waals surface area contributed by atoms with Crippen LogP contribution < -0.4 is 0 Å². The summed E-state index contributed by atoms with van der Waals surface area (Å²) in [5, 5.41) is 9.68. The van der Waals surface area contributed by atoms with Crippen LogP contribution in [0, 0.1) is 0 Å². The zero-order valence-corrected chi connectivity index (χ0v) is 43.9. The van der Waals surface area contributed by atoms with Crippen molar-refractivity contribution < 1.29 is 42.9 Å². The zero-order chi connectivity index (χ0) is 50.6. The van der Waals surface area contributed by atoms with Crippen LogP contribution in [0.2, 0.25) is 0 Å². The fourth-order valence-corrected chi connectivity index (χ4v) is 6.40. The van der Waals surface area contributed by atoms with Crippen LogP contribution in [0.1, 0.15) is 168 Å². The number of quaternary nitrogens is 1. The van der Waals surface area contributed by atoms with Crippen LogP contribution in [0.25, 0.3) is 0 Å². The molecule has 0 amide bonds. The second-order valence-corrected chi connectivity index (χ2v) is 18.1. The standard InChI is InChI=1S/C60H95NO8/c1-6-8-10-12-14-16-18-20-22-24-26-28-29-31-33-35-37-39-41-43-45-47-49-51-58(63)69-56(55-68-60(59(64)65)66-53-52-61(3,4)5)54-67-57(62)50-48-46-44-42-40-38-36-34-32-30-27-25-23-21-19-17-15-13-11-9-7-2/h8-11,14-17,20-23,26-28,30-31,33,37,39,43,45,56,60H,6-7,12-13,18-19,24-25,29,32,34-36,38,40-42,44,46-55H2,1-5H3/p+1/b10-8-,11-9-,16-14-,17-15-,22-20-,23-21-,28-26-,30-27-,33-31-,39-37-,45-43-. The van der Waals surface area contributed by atoms with Crippen LogP contribution in [-0.2, 0) is 33.3 Å². The molecule has 0 spiro atoms. The first-order chi connectivity index (χ1) is 33.6. The van der Waals surface area contributed by atoms with E-state index in [2.05, 4.69) is 148 Å². The lowest BCUT2D eigenvalue weighted by molar-refractivity contribution is -0.870. The average Bonchev–Trinajstić information content (AvgIpc) is 3.31. The molecule has 0 saturated heterocycles. The monoisotopic (exact) mass is 959 g/mol. The number of nitrogens with zero attached hydrogens (tertiary/aromatic N) is 1. The normalized spacial score (nSPS) is 13.9. The molecule has 0 fully saturated rings. The Kier molecular flexibility index (Phi) is 46.5. The third kappa shape index (κ3) is 51.1. The highest BCUT2D eigenvalue weighted by Crippen LogP contribution is 2.13. The maximum Gasteiger partial charge on any atom is 0.361 e. The Bertz CT molecular complexity index is 1590. The molecule has 0 aliphatic heterocycles. The first-order valence-corrected chi connectivity index (χ1v) is 26.3. The number of carbonyl (C=O) groups is 3. The van der Waals surface area contributed by atoms with E-state index in [1.807, 2.05) is 21.1 Å². The van der Waals surface area contributed by atoms with Gasteiger partial charge in [-0.05, 0) is 103 Å². The van der Waals surface area contributed by atoms with Gasteiger partial charge in [-0.1, -0.05) is 186 Å². The molecule has 1 N–H and O–H groups in total. The summed E-state index contributed by atoms with van der Waals surface area (Å²) in [6.07, 6.45) is 68.1. The first-order valence-electron chi connectivity index (χ1n) is 26.3. The second-order valence-electron chi connectivity index (χ2n) is 18.1. The smallest absolute Gasteiger partial charge is 0.361 e. The van der Waals surface area contributed by atoms with Crippen LogP contribution >= 0.6 is 0 Å². The Labute approximate surface area is 420 Å². The van der Waals surface area contributed by atoms with Crippen LogP contribution in [-0.4, -0.2) is 87.4 Å². The molecule has 0 aliphatic carbocycles. The maximum absolute atomic E-state index is 12.8. The van der Waals surface area contributed by atoms with Crippen molar-refractivity contribution >= 4 is 17.9 Å². The van der Waals surface area contributed by atoms with Gasteiger partial charge in [0.2, 0.25) is 0 Å². The molecular weight excluding hydrogens is 863 g/mol. The van der Waals surface area contributed by atoms with E-state index in [-0.39, 0.29) is 38.6 Å². The van der Waals surface area contributed by atoms with E-state index in [0.29, 0.717) is 23.9 Å². The van der Waals surface area contributed by atoms with Gasteiger partial charge in [0.1, 0.15) is 13.2 Å². The van der Waals surface area contributed by atoms with Crippen molar-refractivity contribution in [3.8, 4) is 0 Å². The summed E-state index contributed by atoms with van der Waals surface area (Å²) >= 11 is 0. The average molecular weight is 959 g/mol. The minimum atomic E-state index is -1.54. The van der Waals surface area contributed by atoms with Gasteiger partial charge in [-0.15, -0.1) is 0 Å². The molecule has 0 heterocycles. The highest BCUT2D eigenvalue weighted by molar-refractivity contribution is 5.71. The largest absolute Gasteiger partial charge is 0.477 e. The van der Waals surface area contributed by atoms with E-state index < -0.39 is 24.3 Å². The van der Waals surface area contributed by atoms with Crippen LogP contribution in [0.15, 0.2) is 134 Å². The molecule has 0 aromatic rings. The summed E-state index contributed by atoms with van der Waals surface area (Å²) in [4.78, 5) is 37.3.